The van der Waals surface area contributed by atoms with E-state index in [1.54, 1.807) is 13.1 Å². The first-order chi connectivity index (χ1) is 11.6. The van der Waals surface area contributed by atoms with E-state index in [1.165, 1.54) is 5.56 Å². The minimum absolute atomic E-state index is 0.113. The summed E-state index contributed by atoms with van der Waals surface area (Å²) in [5.41, 5.74) is 3.63. The monoisotopic (exact) mass is 325 g/mol. The third-order valence-corrected chi connectivity index (χ3v) is 3.74. The van der Waals surface area contributed by atoms with Gasteiger partial charge in [0.05, 0.1) is 0 Å². The lowest BCUT2D eigenvalue weighted by Gasteiger charge is -2.09. The molecule has 0 atom stereocenters. The summed E-state index contributed by atoms with van der Waals surface area (Å²) >= 11 is 0. The molecule has 0 aromatic heterocycles. The molecular weight excluding hydrogens is 302 g/mol. The zero-order valence-electron chi connectivity index (χ0n) is 14.1. The van der Waals surface area contributed by atoms with Crippen LogP contribution in [0.3, 0.4) is 0 Å². The Morgan fingerprint density at radius 3 is 2.42 bits per heavy atom. The maximum absolute atomic E-state index is 11.9. The van der Waals surface area contributed by atoms with Crippen LogP contribution in [-0.2, 0) is 12.8 Å². The molecule has 0 spiro atoms. The van der Waals surface area contributed by atoms with Gasteiger partial charge in [-0.1, -0.05) is 31.2 Å². The van der Waals surface area contributed by atoms with Gasteiger partial charge in [0.25, 0.3) is 5.91 Å². The van der Waals surface area contributed by atoms with Crippen molar-refractivity contribution in [2.75, 3.05) is 18.9 Å². The van der Waals surface area contributed by atoms with E-state index in [-0.39, 0.29) is 11.9 Å². The lowest BCUT2D eigenvalue weighted by atomic mass is 10.1. The van der Waals surface area contributed by atoms with Crippen molar-refractivity contribution in [2.24, 2.45) is 0 Å². The zero-order valence-corrected chi connectivity index (χ0v) is 14.1. The molecule has 0 aliphatic carbocycles. The summed E-state index contributed by atoms with van der Waals surface area (Å²) in [6.45, 7) is 2.59. The van der Waals surface area contributed by atoms with E-state index < -0.39 is 0 Å². The van der Waals surface area contributed by atoms with E-state index in [9.17, 15) is 9.59 Å². The molecular formula is C19H23N3O2. The molecule has 5 nitrogen and oxygen atoms in total. The van der Waals surface area contributed by atoms with Crippen molar-refractivity contribution in [1.82, 2.24) is 10.6 Å². The second kappa shape index (κ2) is 8.72. The van der Waals surface area contributed by atoms with E-state index >= 15 is 0 Å². The summed E-state index contributed by atoms with van der Waals surface area (Å²) in [4.78, 5) is 23.5. The summed E-state index contributed by atoms with van der Waals surface area (Å²) in [6.07, 6.45) is 1.63. The molecule has 3 N–H and O–H groups in total. The number of amides is 3. The molecule has 0 aliphatic heterocycles. The van der Waals surface area contributed by atoms with Crippen molar-refractivity contribution in [2.45, 2.75) is 19.8 Å². The number of aryl methyl sites for hydroxylation is 1. The Morgan fingerprint density at radius 2 is 1.75 bits per heavy atom. The zero-order chi connectivity index (χ0) is 17.4. The van der Waals surface area contributed by atoms with Crippen LogP contribution in [0.4, 0.5) is 10.5 Å². The Balaban J connectivity index is 1.80. The molecule has 126 valence electrons. The number of carbonyl (C=O) groups is 2. The summed E-state index contributed by atoms with van der Waals surface area (Å²) in [7, 11) is 1.61. The van der Waals surface area contributed by atoms with Gasteiger partial charge in [-0.05, 0) is 48.2 Å². The maximum atomic E-state index is 11.9. The third kappa shape index (κ3) is 5.12. The van der Waals surface area contributed by atoms with Crippen LogP contribution in [-0.4, -0.2) is 25.5 Å². The van der Waals surface area contributed by atoms with Gasteiger partial charge < -0.3 is 16.0 Å². The summed E-state index contributed by atoms with van der Waals surface area (Å²) < 4.78 is 0. The number of anilines is 1. The molecule has 2 aromatic rings. The van der Waals surface area contributed by atoms with E-state index in [0.717, 1.165) is 17.7 Å². The molecule has 0 aliphatic rings. The van der Waals surface area contributed by atoms with Gasteiger partial charge in [0.15, 0.2) is 0 Å². The van der Waals surface area contributed by atoms with Gasteiger partial charge >= 0.3 is 6.03 Å². The van der Waals surface area contributed by atoms with Crippen molar-refractivity contribution < 1.29 is 9.59 Å². The molecule has 5 heteroatoms. The van der Waals surface area contributed by atoms with Crippen LogP contribution in [0, 0.1) is 0 Å². The SMILES string of the molecule is CCc1ccc(NC(=O)NCCc2cccc(C(=O)NC)c2)cc1. The quantitative estimate of drug-likeness (QED) is 0.764. The summed E-state index contributed by atoms with van der Waals surface area (Å²) in [5, 5.41) is 8.22. The van der Waals surface area contributed by atoms with Gasteiger partial charge in [-0.15, -0.1) is 0 Å². The van der Waals surface area contributed by atoms with Crippen LogP contribution >= 0.6 is 0 Å². The van der Waals surface area contributed by atoms with Gasteiger partial charge in [-0.25, -0.2) is 4.79 Å². The predicted octanol–water partition coefficient (Wildman–Crippen LogP) is 2.97. The fourth-order valence-corrected chi connectivity index (χ4v) is 2.33. The minimum Gasteiger partial charge on any atom is -0.355 e. The van der Waals surface area contributed by atoms with Crippen molar-refractivity contribution in [3.05, 3.63) is 65.2 Å². The molecule has 0 heterocycles. The number of rotatable bonds is 6. The van der Waals surface area contributed by atoms with E-state index in [4.69, 9.17) is 0 Å². The first-order valence-corrected chi connectivity index (χ1v) is 8.07. The molecule has 0 fully saturated rings. The molecule has 0 saturated heterocycles. The van der Waals surface area contributed by atoms with Crippen LogP contribution in [0.25, 0.3) is 0 Å². The van der Waals surface area contributed by atoms with Crippen molar-refractivity contribution in [1.29, 1.82) is 0 Å². The number of carbonyl (C=O) groups excluding carboxylic acids is 2. The number of hydrogen-bond acceptors (Lipinski definition) is 2. The maximum Gasteiger partial charge on any atom is 0.319 e. The normalized spacial score (nSPS) is 10.1. The van der Waals surface area contributed by atoms with E-state index in [0.29, 0.717) is 18.5 Å². The van der Waals surface area contributed by atoms with Crippen molar-refractivity contribution >= 4 is 17.6 Å². The molecule has 0 radical (unpaired) electrons. The fraction of sp³-hybridized carbons (Fsp3) is 0.263. The van der Waals surface area contributed by atoms with Gasteiger partial charge in [0.2, 0.25) is 0 Å². The number of urea groups is 1. The second-order valence-corrected chi connectivity index (χ2v) is 5.46. The van der Waals surface area contributed by atoms with Crippen LogP contribution in [0.15, 0.2) is 48.5 Å². The number of hydrogen-bond donors (Lipinski definition) is 3. The molecule has 0 bridgehead atoms. The molecule has 2 aromatic carbocycles. The summed E-state index contributed by atoms with van der Waals surface area (Å²) in [6, 6.07) is 14.9. The molecule has 0 saturated carbocycles. The summed E-state index contributed by atoms with van der Waals surface area (Å²) in [5.74, 6) is -0.113. The lowest BCUT2D eigenvalue weighted by molar-refractivity contribution is 0.0963. The average molecular weight is 325 g/mol. The largest absolute Gasteiger partial charge is 0.355 e. The van der Waals surface area contributed by atoms with Gasteiger partial charge in [0.1, 0.15) is 0 Å². The molecule has 3 amide bonds. The Hall–Kier alpha value is -2.82. The average Bonchev–Trinajstić information content (AvgIpc) is 2.62. The van der Waals surface area contributed by atoms with E-state index in [2.05, 4.69) is 22.9 Å². The fourth-order valence-electron chi connectivity index (χ4n) is 2.33. The van der Waals surface area contributed by atoms with E-state index in [1.807, 2.05) is 42.5 Å². The van der Waals surface area contributed by atoms with Crippen LogP contribution in [0.5, 0.6) is 0 Å². The highest BCUT2D eigenvalue weighted by Crippen LogP contribution is 2.10. The van der Waals surface area contributed by atoms with Crippen molar-refractivity contribution in [3.63, 3.8) is 0 Å². The van der Waals surface area contributed by atoms with Gasteiger partial charge in [0, 0.05) is 24.8 Å². The molecule has 2 rings (SSSR count). The Morgan fingerprint density at radius 1 is 1.00 bits per heavy atom. The highest BCUT2D eigenvalue weighted by molar-refractivity contribution is 5.94. The topological polar surface area (TPSA) is 70.2 Å². The Bertz CT molecular complexity index is 696. The first kappa shape index (κ1) is 17.5. The number of benzene rings is 2. The van der Waals surface area contributed by atoms with Crippen LogP contribution in [0.1, 0.15) is 28.4 Å². The van der Waals surface area contributed by atoms with Crippen LogP contribution in [0.2, 0.25) is 0 Å². The Kier molecular flexibility index (Phi) is 6.37. The smallest absolute Gasteiger partial charge is 0.319 e. The second-order valence-electron chi connectivity index (χ2n) is 5.46. The lowest BCUT2D eigenvalue weighted by Crippen LogP contribution is -2.30. The number of nitrogens with one attached hydrogen (secondary N) is 3. The molecule has 0 unspecified atom stereocenters. The standard InChI is InChI=1S/C19H23N3O2/c1-3-14-7-9-17(10-8-14)22-19(24)21-12-11-15-5-4-6-16(13-15)18(23)20-2/h4-10,13H,3,11-12H2,1-2H3,(H,20,23)(H2,21,22,24). The van der Waals surface area contributed by atoms with Crippen molar-refractivity contribution in [3.8, 4) is 0 Å². The highest BCUT2D eigenvalue weighted by atomic mass is 16.2. The van der Waals surface area contributed by atoms with Crippen LogP contribution < -0.4 is 16.0 Å². The van der Waals surface area contributed by atoms with Gasteiger partial charge in [-0.2, -0.15) is 0 Å². The first-order valence-electron chi connectivity index (χ1n) is 8.07. The highest BCUT2D eigenvalue weighted by Gasteiger charge is 2.05. The molecule has 24 heavy (non-hydrogen) atoms. The van der Waals surface area contributed by atoms with Gasteiger partial charge in [-0.3, -0.25) is 4.79 Å². The Labute approximate surface area is 142 Å². The predicted molar refractivity (Wildman–Crippen MR) is 96.4 cm³/mol. The third-order valence-electron chi connectivity index (χ3n) is 3.74. The minimum atomic E-state index is -0.235.